The number of piperidine rings is 1. The summed E-state index contributed by atoms with van der Waals surface area (Å²) in [6, 6.07) is 6.79. The maximum atomic E-state index is 12.7. The van der Waals surface area contributed by atoms with E-state index in [0.717, 1.165) is 17.5 Å². The van der Waals surface area contributed by atoms with Gasteiger partial charge in [0.15, 0.2) is 0 Å². The minimum atomic E-state index is -0.629. The first-order valence-corrected chi connectivity index (χ1v) is 8.35. The van der Waals surface area contributed by atoms with Crippen molar-refractivity contribution in [2.24, 2.45) is 16.9 Å². The van der Waals surface area contributed by atoms with Crippen molar-refractivity contribution >= 4 is 24.3 Å². The monoisotopic (exact) mass is 368 g/mol. The largest absolute Gasteiger partial charge is 0.352 e. The molecule has 2 atom stereocenters. The first-order valence-electron chi connectivity index (χ1n) is 8.35. The van der Waals surface area contributed by atoms with Crippen LogP contribution in [0.5, 0.6) is 0 Å². The van der Waals surface area contributed by atoms with E-state index in [1.54, 1.807) is 0 Å². The van der Waals surface area contributed by atoms with E-state index in [4.69, 9.17) is 11.5 Å². The Balaban J connectivity index is 0.00000312. The highest BCUT2D eigenvalue weighted by Gasteiger charge is 2.35. The highest BCUT2D eigenvalue weighted by Crippen LogP contribution is 2.29. The molecule has 0 aromatic heterocycles. The summed E-state index contributed by atoms with van der Waals surface area (Å²) in [7, 11) is 0. The lowest BCUT2D eigenvalue weighted by atomic mass is 9.79. The smallest absolute Gasteiger partial charge is 0.312 e. The number of aryl methyl sites for hydroxylation is 1. The number of hydrogen-bond donors (Lipinski definition) is 3. The van der Waals surface area contributed by atoms with Gasteiger partial charge in [-0.05, 0) is 24.3 Å². The number of primary amides is 1. The van der Waals surface area contributed by atoms with E-state index in [2.05, 4.69) is 19.2 Å². The van der Waals surface area contributed by atoms with Crippen LogP contribution in [-0.2, 0) is 4.79 Å². The molecule has 7 heteroatoms. The Morgan fingerprint density at radius 3 is 2.64 bits per heavy atom. The van der Waals surface area contributed by atoms with Crippen LogP contribution < -0.4 is 16.8 Å². The zero-order valence-corrected chi connectivity index (χ0v) is 15.9. The molecular formula is C18H29ClN4O2. The van der Waals surface area contributed by atoms with Gasteiger partial charge >= 0.3 is 6.03 Å². The summed E-state index contributed by atoms with van der Waals surface area (Å²) in [4.78, 5) is 25.9. The summed E-state index contributed by atoms with van der Waals surface area (Å²) < 4.78 is 0. The third kappa shape index (κ3) is 5.61. The van der Waals surface area contributed by atoms with Gasteiger partial charge in [-0.2, -0.15) is 0 Å². The van der Waals surface area contributed by atoms with Crippen LogP contribution in [0.2, 0.25) is 0 Å². The molecular weight excluding hydrogens is 340 g/mol. The van der Waals surface area contributed by atoms with Crippen molar-refractivity contribution in [1.29, 1.82) is 0 Å². The van der Waals surface area contributed by atoms with Crippen LogP contribution in [0.25, 0.3) is 0 Å². The third-order valence-corrected chi connectivity index (χ3v) is 4.80. The van der Waals surface area contributed by atoms with Crippen LogP contribution in [0.15, 0.2) is 24.3 Å². The fourth-order valence-electron chi connectivity index (χ4n) is 3.20. The molecule has 0 aliphatic carbocycles. The lowest BCUT2D eigenvalue weighted by Crippen LogP contribution is -2.54. The van der Waals surface area contributed by atoms with Crippen LogP contribution in [0, 0.1) is 12.3 Å². The van der Waals surface area contributed by atoms with Crippen LogP contribution in [0.1, 0.15) is 43.9 Å². The van der Waals surface area contributed by atoms with Gasteiger partial charge < -0.3 is 21.7 Å². The second-order valence-corrected chi connectivity index (χ2v) is 7.38. The molecule has 1 aromatic rings. The fourth-order valence-corrected chi connectivity index (χ4v) is 3.20. The highest BCUT2D eigenvalue weighted by molar-refractivity contribution is 5.85. The molecule has 1 aliphatic heterocycles. The maximum Gasteiger partial charge on any atom is 0.312 e. The van der Waals surface area contributed by atoms with Crippen LogP contribution in [-0.4, -0.2) is 36.0 Å². The van der Waals surface area contributed by atoms with Crippen molar-refractivity contribution in [1.82, 2.24) is 10.2 Å². The highest BCUT2D eigenvalue weighted by atomic mass is 35.5. The molecule has 0 bridgehead atoms. The molecule has 0 spiro atoms. The van der Waals surface area contributed by atoms with Crippen molar-refractivity contribution in [3.63, 3.8) is 0 Å². The van der Waals surface area contributed by atoms with Gasteiger partial charge in [-0.3, -0.25) is 4.79 Å². The number of hydrogen-bond acceptors (Lipinski definition) is 3. The van der Waals surface area contributed by atoms with Gasteiger partial charge in [0.25, 0.3) is 0 Å². The molecule has 3 amide bonds. The van der Waals surface area contributed by atoms with Gasteiger partial charge in [-0.1, -0.05) is 43.7 Å². The van der Waals surface area contributed by atoms with Gasteiger partial charge in [0.05, 0.1) is 12.5 Å². The normalized spacial score (nSPS) is 20.3. The number of nitrogens with zero attached hydrogens (tertiary/aromatic N) is 1. The van der Waals surface area contributed by atoms with E-state index in [1.807, 2.05) is 36.1 Å². The van der Waals surface area contributed by atoms with Gasteiger partial charge in [-0.25, -0.2) is 4.79 Å². The van der Waals surface area contributed by atoms with Crippen LogP contribution in [0.3, 0.4) is 0 Å². The lowest BCUT2D eigenvalue weighted by Gasteiger charge is -2.43. The number of nitrogens with one attached hydrogen (secondary N) is 1. The van der Waals surface area contributed by atoms with Crippen molar-refractivity contribution in [3.05, 3.63) is 35.4 Å². The second-order valence-electron chi connectivity index (χ2n) is 7.38. The Bertz CT molecular complexity index is 621. The van der Waals surface area contributed by atoms with E-state index >= 15 is 0 Å². The summed E-state index contributed by atoms with van der Waals surface area (Å²) in [5.74, 6) is 0.00947. The molecule has 1 aliphatic rings. The van der Waals surface area contributed by atoms with E-state index in [9.17, 15) is 9.59 Å². The molecule has 25 heavy (non-hydrogen) atoms. The van der Waals surface area contributed by atoms with Crippen molar-refractivity contribution in [2.45, 2.75) is 45.7 Å². The Labute approximate surface area is 155 Å². The average molecular weight is 369 g/mol. The number of carbonyl (C=O) groups is 2. The topological polar surface area (TPSA) is 101 Å². The van der Waals surface area contributed by atoms with Gasteiger partial charge in [0.1, 0.15) is 0 Å². The molecule has 1 saturated heterocycles. The number of benzene rings is 1. The third-order valence-electron chi connectivity index (χ3n) is 4.80. The molecule has 1 heterocycles. The summed E-state index contributed by atoms with van der Waals surface area (Å²) in [6.45, 7) is 7.42. The van der Waals surface area contributed by atoms with Crippen molar-refractivity contribution in [2.75, 3.05) is 13.1 Å². The van der Waals surface area contributed by atoms with Crippen LogP contribution in [0.4, 0.5) is 4.79 Å². The Morgan fingerprint density at radius 2 is 2.08 bits per heavy atom. The Morgan fingerprint density at radius 1 is 1.40 bits per heavy atom. The standard InChI is InChI=1S/C18H28N4O2.ClH/c1-12-5-4-6-13(9-12)14(21-17(20)24)10-16(23)22-8-7-15(19)18(2,3)11-22;/h4-6,9,14-15H,7-8,10-11,19H2,1-3H3,(H3,20,21,24);1H. The number of likely N-dealkylation sites (tertiary alicyclic amines) is 1. The number of nitrogens with two attached hydrogens (primary N) is 2. The maximum absolute atomic E-state index is 12.7. The van der Waals surface area contributed by atoms with E-state index < -0.39 is 12.1 Å². The number of rotatable bonds is 4. The summed E-state index contributed by atoms with van der Waals surface area (Å²) in [5.41, 5.74) is 13.3. The first-order chi connectivity index (χ1) is 11.2. The zero-order chi connectivity index (χ0) is 17.9. The molecule has 5 N–H and O–H groups in total. The Kier molecular flexibility index (Phi) is 7.26. The van der Waals surface area contributed by atoms with E-state index in [-0.39, 0.29) is 36.2 Å². The predicted molar refractivity (Wildman–Crippen MR) is 101 cm³/mol. The number of amides is 3. The molecule has 2 rings (SSSR count). The fraction of sp³-hybridized carbons (Fsp3) is 0.556. The van der Waals surface area contributed by atoms with Crippen LogP contribution >= 0.6 is 12.4 Å². The molecule has 1 aromatic carbocycles. The Hall–Kier alpha value is -1.79. The SMILES string of the molecule is Cc1cccc(C(CC(=O)N2CCC(N)C(C)(C)C2)NC(N)=O)c1.Cl. The second kappa shape index (κ2) is 8.54. The minimum absolute atomic E-state index is 0. The number of urea groups is 1. The quantitative estimate of drug-likeness (QED) is 0.758. The number of halogens is 1. The predicted octanol–water partition coefficient (Wildman–Crippen LogP) is 2.10. The summed E-state index contributed by atoms with van der Waals surface area (Å²) in [6.07, 6.45) is 0.981. The van der Waals surface area contributed by atoms with Crippen molar-refractivity contribution < 1.29 is 9.59 Å². The van der Waals surface area contributed by atoms with E-state index in [1.165, 1.54) is 0 Å². The lowest BCUT2D eigenvalue weighted by molar-refractivity contribution is -0.135. The summed E-state index contributed by atoms with van der Waals surface area (Å²) >= 11 is 0. The molecule has 2 unspecified atom stereocenters. The van der Waals surface area contributed by atoms with Gasteiger partial charge in [-0.15, -0.1) is 12.4 Å². The zero-order valence-electron chi connectivity index (χ0n) is 15.1. The molecule has 0 radical (unpaired) electrons. The van der Waals surface area contributed by atoms with E-state index in [0.29, 0.717) is 13.1 Å². The van der Waals surface area contributed by atoms with Crippen molar-refractivity contribution in [3.8, 4) is 0 Å². The molecule has 0 saturated carbocycles. The van der Waals surface area contributed by atoms with Gasteiger partial charge in [0, 0.05) is 19.1 Å². The molecule has 140 valence electrons. The summed E-state index contributed by atoms with van der Waals surface area (Å²) in [5, 5.41) is 2.69. The minimum Gasteiger partial charge on any atom is -0.352 e. The first kappa shape index (κ1) is 21.3. The molecule has 6 nitrogen and oxygen atoms in total. The number of carbonyl (C=O) groups excluding carboxylic acids is 2. The van der Waals surface area contributed by atoms with Gasteiger partial charge in [0.2, 0.25) is 5.91 Å². The average Bonchev–Trinajstić information content (AvgIpc) is 2.48. The molecule has 1 fully saturated rings.